The molecule has 2 atom stereocenters. The molecule has 0 N–H and O–H groups in total. The molecule has 0 radical (unpaired) electrons. The Balaban J connectivity index is 2.21. The van der Waals surface area contributed by atoms with Gasteiger partial charge in [-0.05, 0) is 30.9 Å². The van der Waals surface area contributed by atoms with Crippen molar-refractivity contribution in [3.05, 3.63) is 29.0 Å². The standard InChI is InChI=1S/C14H18ClNO/c1-2-10-6-3-4-7-11(10)14(17)13-12(15)8-5-9-16-13/h5,8-11H,2-4,6-7H2,1H3. The third-order valence-electron chi connectivity index (χ3n) is 3.76. The summed E-state index contributed by atoms with van der Waals surface area (Å²) in [4.78, 5) is 16.6. The zero-order valence-corrected chi connectivity index (χ0v) is 10.9. The first-order chi connectivity index (χ1) is 8.24. The molecule has 2 nitrogen and oxygen atoms in total. The Morgan fingerprint density at radius 2 is 2.24 bits per heavy atom. The summed E-state index contributed by atoms with van der Waals surface area (Å²) in [5.41, 5.74) is 0.458. The number of aromatic nitrogens is 1. The molecule has 0 aliphatic heterocycles. The number of ketones is 1. The normalized spacial score (nSPS) is 24.6. The molecule has 1 aliphatic rings. The Morgan fingerprint density at radius 1 is 1.47 bits per heavy atom. The van der Waals surface area contributed by atoms with Crippen LogP contribution < -0.4 is 0 Å². The number of carbonyl (C=O) groups is 1. The van der Waals surface area contributed by atoms with Crippen LogP contribution in [0.3, 0.4) is 0 Å². The molecule has 92 valence electrons. The fourth-order valence-electron chi connectivity index (χ4n) is 2.78. The molecule has 3 heteroatoms. The van der Waals surface area contributed by atoms with Gasteiger partial charge in [0.2, 0.25) is 0 Å². The highest BCUT2D eigenvalue weighted by Gasteiger charge is 2.31. The van der Waals surface area contributed by atoms with Crippen molar-refractivity contribution in [2.45, 2.75) is 39.0 Å². The summed E-state index contributed by atoms with van der Waals surface area (Å²) in [5.74, 6) is 0.776. The van der Waals surface area contributed by atoms with Crippen LogP contribution in [0, 0.1) is 11.8 Å². The maximum Gasteiger partial charge on any atom is 0.186 e. The van der Waals surface area contributed by atoms with Gasteiger partial charge in [0.1, 0.15) is 5.69 Å². The van der Waals surface area contributed by atoms with Crippen LogP contribution in [-0.2, 0) is 0 Å². The van der Waals surface area contributed by atoms with Crippen molar-refractivity contribution in [2.75, 3.05) is 0 Å². The van der Waals surface area contributed by atoms with Crippen LogP contribution in [0.15, 0.2) is 18.3 Å². The average Bonchev–Trinajstić information content (AvgIpc) is 2.38. The maximum absolute atomic E-state index is 12.4. The number of hydrogen-bond acceptors (Lipinski definition) is 2. The van der Waals surface area contributed by atoms with Crippen molar-refractivity contribution in [3.8, 4) is 0 Å². The lowest BCUT2D eigenvalue weighted by atomic mass is 9.75. The van der Waals surface area contributed by atoms with Crippen molar-refractivity contribution in [2.24, 2.45) is 11.8 Å². The topological polar surface area (TPSA) is 30.0 Å². The molecule has 2 unspecified atom stereocenters. The van der Waals surface area contributed by atoms with Crippen LogP contribution in [0.4, 0.5) is 0 Å². The Labute approximate surface area is 107 Å². The lowest BCUT2D eigenvalue weighted by Crippen LogP contribution is -2.27. The van der Waals surface area contributed by atoms with Crippen molar-refractivity contribution in [3.63, 3.8) is 0 Å². The highest BCUT2D eigenvalue weighted by Crippen LogP contribution is 2.35. The predicted octanol–water partition coefficient (Wildman–Crippen LogP) is 4.13. The lowest BCUT2D eigenvalue weighted by molar-refractivity contribution is 0.0815. The van der Waals surface area contributed by atoms with Gasteiger partial charge in [0.25, 0.3) is 0 Å². The summed E-state index contributed by atoms with van der Waals surface area (Å²) in [6, 6.07) is 3.50. The smallest absolute Gasteiger partial charge is 0.186 e. The third-order valence-corrected chi connectivity index (χ3v) is 4.07. The number of hydrogen-bond donors (Lipinski definition) is 0. The quantitative estimate of drug-likeness (QED) is 0.756. The van der Waals surface area contributed by atoms with Gasteiger partial charge in [-0.3, -0.25) is 9.78 Å². The van der Waals surface area contributed by atoms with E-state index in [0.29, 0.717) is 16.6 Å². The molecule has 2 rings (SSSR count). The average molecular weight is 252 g/mol. The number of rotatable bonds is 3. The van der Waals surface area contributed by atoms with Crippen molar-refractivity contribution in [1.82, 2.24) is 4.98 Å². The molecule has 1 heterocycles. The van der Waals surface area contributed by atoms with E-state index in [-0.39, 0.29) is 11.7 Å². The highest BCUT2D eigenvalue weighted by molar-refractivity contribution is 6.33. The molecule has 1 aromatic heterocycles. The van der Waals surface area contributed by atoms with Gasteiger partial charge in [0.15, 0.2) is 5.78 Å². The van der Waals surface area contributed by atoms with Crippen molar-refractivity contribution >= 4 is 17.4 Å². The zero-order chi connectivity index (χ0) is 12.3. The molecule has 0 saturated heterocycles. The fourth-order valence-corrected chi connectivity index (χ4v) is 3.00. The van der Waals surface area contributed by atoms with Crippen molar-refractivity contribution in [1.29, 1.82) is 0 Å². The number of pyridine rings is 1. The van der Waals surface area contributed by atoms with E-state index in [1.807, 2.05) is 0 Å². The summed E-state index contributed by atoms with van der Waals surface area (Å²) in [6.07, 6.45) is 7.26. The molecular weight excluding hydrogens is 234 g/mol. The zero-order valence-electron chi connectivity index (χ0n) is 10.2. The van der Waals surface area contributed by atoms with Crippen LogP contribution >= 0.6 is 11.6 Å². The first-order valence-corrected chi connectivity index (χ1v) is 6.76. The van der Waals surface area contributed by atoms with Crippen LogP contribution in [0.1, 0.15) is 49.5 Å². The Bertz CT molecular complexity index is 405. The molecule has 17 heavy (non-hydrogen) atoms. The van der Waals surface area contributed by atoms with Gasteiger partial charge in [-0.2, -0.15) is 0 Å². The van der Waals surface area contributed by atoms with Crippen LogP contribution in [0.2, 0.25) is 5.02 Å². The highest BCUT2D eigenvalue weighted by atomic mass is 35.5. The molecule has 0 spiro atoms. The summed E-state index contributed by atoms with van der Waals surface area (Å²) < 4.78 is 0. The van der Waals surface area contributed by atoms with E-state index in [1.54, 1.807) is 18.3 Å². The number of carbonyl (C=O) groups excluding carboxylic acids is 1. The molecular formula is C14H18ClNO. The van der Waals surface area contributed by atoms with Gasteiger partial charge >= 0.3 is 0 Å². The molecule has 0 aromatic carbocycles. The molecule has 0 amide bonds. The molecule has 1 aliphatic carbocycles. The van der Waals surface area contributed by atoms with Gasteiger partial charge in [0.05, 0.1) is 5.02 Å². The Kier molecular flexibility index (Phi) is 4.16. The second-order valence-corrected chi connectivity index (χ2v) is 5.16. The lowest BCUT2D eigenvalue weighted by Gasteiger charge is -2.29. The molecule has 1 saturated carbocycles. The Morgan fingerprint density at radius 3 is 2.94 bits per heavy atom. The summed E-state index contributed by atoms with van der Waals surface area (Å²) in [6.45, 7) is 2.16. The fraction of sp³-hybridized carbons (Fsp3) is 0.571. The van der Waals surface area contributed by atoms with Gasteiger partial charge in [0, 0.05) is 12.1 Å². The van der Waals surface area contributed by atoms with Gasteiger partial charge in [-0.1, -0.05) is 37.8 Å². The second kappa shape index (κ2) is 5.63. The van der Waals surface area contributed by atoms with E-state index in [0.717, 1.165) is 25.7 Å². The SMILES string of the molecule is CCC1CCCCC1C(=O)c1ncccc1Cl. The minimum absolute atomic E-state index is 0.126. The molecule has 1 aromatic rings. The first-order valence-electron chi connectivity index (χ1n) is 6.38. The van der Waals surface area contributed by atoms with E-state index in [9.17, 15) is 4.79 Å². The van der Waals surface area contributed by atoms with Crippen LogP contribution in [0.25, 0.3) is 0 Å². The van der Waals surface area contributed by atoms with Crippen LogP contribution in [0.5, 0.6) is 0 Å². The first kappa shape index (κ1) is 12.6. The van der Waals surface area contributed by atoms with E-state index >= 15 is 0 Å². The van der Waals surface area contributed by atoms with E-state index in [2.05, 4.69) is 11.9 Å². The van der Waals surface area contributed by atoms with E-state index < -0.39 is 0 Å². The molecule has 1 fully saturated rings. The Hall–Kier alpha value is -0.890. The minimum atomic E-state index is 0.126. The predicted molar refractivity (Wildman–Crippen MR) is 69.3 cm³/mol. The minimum Gasteiger partial charge on any atom is -0.292 e. The van der Waals surface area contributed by atoms with Gasteiger partial charge < -0.3 is 0 Å². The summed E-state index contributed by atoms with van der Waals surface area (Å²) >= 11 is 6.05. The van der Waals surface area contributed by atoms with Gasteiger partial charge in [-0.15, -0.1) is 0 Å². The maximum atomic E-state index is 12.4. The third kappa shape index (κ3) is 2.68. The number of halogens is 1. The van der Waals surface area contributed by atoms with Crippen LogP contribution in [-0.4, -0.2) is 10.8 Å². The summed E-state index contributed by atoms with van der Waals surface area (Å²) in [5, 5.41) is 0.484. The second-order valence-electron chi connectivity index (χ2n) is 4.76. The number of nitrogens with zero attached hydrogens (tertiary/aromatic N) is 1. The monoisotopic (exact) mass is 251 g/mol. The van der Waals surface area contributed by atoms with Gasteiger partial charge in [-0.25, -0.2) is 0 Å². The van der Waals surface area contributed by atoms with E-state index in [4.69, 9.17) is 11.6 Å². The largest absolute Gasteiger partial charge is 0.292 e. The molecule has 0 bridgehead atoms. The number of Topliss-reactive ketones (excluding diaryl/α,β-unsaturated/α-hetero) is 1. The summed E-state index contributed by atoms with van der Waals surface area (Å²) in [7, 11) is 0. The van der Waals surface area contributed by atoms with E-state index in [1.165, 1.54) is 6.42 Å². The van der Waals surface area contributed by atoms with Crippen molar-refractivity contribution < 1.29 is 4.79 Å².